The zero-order valence-corrected chi connectivity index (χ0v) is 11.7. The van der Waals surface area contributed by atoms with Crippen LogP contribution < -0.4 is 10.1 Å². The lowest BCUT2D eigenvalue weighted by Crippen LogP contribution is -2.15. The molecule has 2 aromatic carbocycles. The molecule has 104 valence electrons. The molecule has 2 nitrogen and oxygen atoms in total. The van der Waals surface area contributed by atoms with Crippen LogP contribution in [-0.2, 0) is 6.54 Å². The number of rotatable bonds is 5. The third-order valence-corrected chi connectivity index (χ3v) is 3.37. The van der Waals surface area contributed by atoms with Crippen LogP contribution in [0, 0.1) is 5.82 Å². The van der Waals surface area contributed by atoms with Crippen LogP contribution in [0.1, 0.15) is 18.4 Å². The van der Waals surface area contributed by atoms with E-state index in [-0.39, 0.29) is 5.82 Å². The summed E-state index contributed by atoms with van der Waals surface area (Å²) in [6.07, 6.45) is 2.42. The molecule has 0 atom stereocenters. The third-order valence-electron chi connectivity index (χ3n) is 3.14. The highest BCUT2D eigenvalue weighted by atomic mass is 35.5. The van der Waals surface area contributed by atoms with Crippen molar-refractivity contribution in [3.05, 3.63) is 58.9 Å². The van der Waals surface area contributed by atoms with Crippen molar-refractivity contribution in [1.82, 2.24) is 5.32 Å². The van der Waals surface area contributed by atoms with Crippen molar-refractivity contribution in [1.29, 1.82) is 0 Å². The molecular weight excluding hydrogens is 277 g/mol. The van der Waals surface area contributed by atoms with Gasteiger partial charge in [-0.3, -0.25) is 0 Å². The molecule has 0 unspecified atom stereocenters. The van der Waals surface area contributed by atoms with Crippen LogP contribution >= 0.6 is 11.6 Å². The molecule has 2 aromatic rings. The number of ether oxygens (including phenoxy) is 1. The maximum atomic E-state index is 13.6. The number of hydrogen-bond acceptors (Lipinski definition) is 2. The molecule has 1 saturated carbocycles. The first-order valence-electron chi connectivity index (χ1n) is 6.65. The number of nitrogens with one attached hydrogen (secondary N) is 1. The Morgan fingerprint density at radius 2 is 2.00 bits per heavy atom. The summed E-state index contributed by atoms with van der Waals surface area (Å²) in [4.78, 5) is 0. The van der Waals surface area contributed by atoms with Gasteiger partial charge in [0.25, 0.3) is 0 Å². The first-order valence-corrected chi connectivity index (χ1v) is 7.03. The van der Waals surface area contributed by atoms with Crippen LogP contribution in [0.2, 0.25) is 5.02 Å². The second-order valence-electron chi connectivity index (χ2n) is 5.01. The minimum Gasteiger partial charge on any atom is -0.457 e. The van der Waals surface area contributed by atoms with Gasteiger partial charge in [0.15, 0.2) is 0 Å². The monoisotopic (exact) mass is 291 g/mol. The Morgan fingerprint density at radius 1 is 1.15 bits per heavy atom. The maximum absolute atomic E-state index is 13.6. The Hall–Kier alpha value is -1.58. The van der Waals surface area contributed by atoms with E-state index in [1.54, 1.807) is 24.3 Å². The van der Waals surface area contributed by atoms with E-state index in [1.807, 2.05) is 6.07 Å². The molecule has 0 bridgehead atoms. The third kappa shape index (κ3) is 3.71. The average Bonchev–Trinajstić information content (AvgIpc) is 3.20. The number of benzene rings is 2. The Kier molecular flexibility index (Phi) is 3.90. The van der Waals surface area contributed by atoms with Crippen molar-refractivity contribution < 1.29 is 9.13 Å². The molecule has 20 heavy (non-hydrogen) atoms. The Morgan fingerprint density at radius 3 is 2.75 bits per heavy atom. The molecule has 1 aliphatic rings. The van der Waals surface area contributed by atoms with E-state index >= 15 is 0 Å². The van der Waals surface area contributed by atoms with E-state index < -0.39 is 0 Å². The zero-order valence-electron chi connectivity index (χ0n) is 10.9. The van der Waals surface area contributed by atoms with E-state index in [4.69, 9.17) is 16.3 Å². The minimum atomic E-state index is -0.294. The van der Waals surface area contributed by atoms with Crippen molar-refractivity contribution in [2.45, 2.75) is 25.4 Å². The Labute approximate surface area is 122 Å². The average molecular weight is 292 g/mol. The zero-order chi connectivity index (χ0) is 13.9. The van der Waals surface area contributed by atoms with E-state index in [0.29, 0.717) is 29.1 Å². The summed E-state index contributed by atoms with van der Waals surface area (Å²) >= 11 is 5.90. The van der Waals surface area contributed by atoms with E-state index in [1.165, 1.54) is 25.0 Å². The quantitative estimate of drug-likeness (QED) is 0.874. The second-order valence-corrected chi connectivity index (χ2v) is 5.45. The Balaban J connectivity index is 1.74. The predicted octanol–water partition coefficient (Wildman–Crippen LogP) is 4.52. The molecule has 3 rings (SSSR count). The summed E-state index contributed by atoms with van der Waals surface area (Å²) in [7, 11) is 0. The van der Waals surface area contributed by atoms with Crippen LogP contribution in [-0.4, -0.2) is 6.04 Å². The number of hydrogen-bond donors (Lipinski definition) is 1. The van der Waals surface area contributed by atoms with Gasteiger partial charge in [-0.1, -0.05) is 17.7 Å². The van der Waals surface area contributed by atoms with Gasteiger partial charge in [-0.25, -0.2) is 4.39 Å². The first-order chi connectivity index (χ1) is 9.69. The first kappa shape index (κ1) is 13.4. The van der Waals surface area contributed by atoms with Gasteiger partial charge in [0.2, 0.25) is 0 Å². The highest BCUT2D eigenvalue weighted by Gasteiger charge is 2.20. The highest BCUT2D eigenvalue weighted by Crippen LogP contribution is 2.26. The lowest BCUT2D eigenvalue weighted by atomic mass is 10.2. The molecule has 4 heteroatoms. The van der Waals surface area contributed by atoms with Crippen LogP contribution in [0.15, 0.2) is 42.5 Å². The van der Waals surface area contributed by atoms with E-state index in [0.717, 1.165) is 5.56 Å². The van der Waals surface area contributed by atoms with Gasteiger partial charge in [0, 0.05) is 23.7 Å². The fourth-order valence-corrected chi connectivity index (χ4v) is 2.18. The van der Waals surface area contributed by atoms with Gasteiger partial charge in [-0.05, 0) is 48.7 Å². The molecule has 0 aromatic heterocycles. The fraction of sp³-hybridized carbons (Fsp3) is 0.250. The summed E-state index contributed by atoms with van der Waals surface area (Å²) in [5.74, 6) is 0.793. The van der Waals surface area contributed by atoms with Gasteiger partial charge in [-0.2, -0.15) is 0 Å². The van der Waals surface area contributed by atoms with Gasteiger partial charge in [0.05, 0.1) is 0 Å². The van der Waals surface area contributed by atoms with Crippen LogP contribution in [0.4, 0.5) is 4.39 Å². The molecule has 0 radical (unpaired) electrons. The molecule has 0 spiro atoms. The summed E-state index contributed by atoms with van der Waals surface area (Å²) in [6.45, 7) is 0.661. The fourth-order valence-electron chi connectivity index (χ4n) is 2.00. The highest BCUT2D eigenvalue weighted by molar-refractivity contribution is 6.30. The molecule has 0 amide bonds. The summed E-state index contributed by atoms with van der Waals surface area (Å²) in [5.41, 5.74) is 0.883. The van der Waals surface area contributed by atoms with Crippen molar-refractivity contribution in [3.8, 4) is 11.5 Å². The molecule has 0 saturated heterocycles. The molecule has 1 fully saturated rings. The molecule has 0 heterocycles. The molecular formula is C16H15ClFNO. The minimum absolute atomic E-state index is 0.294. The smallest absolute Gasteiger partial charge is 0.130 e. The summed E-state index contributed by atoms with van der Waals surface area (Å²) in [5, 5.41) is 3.95. The van der Waals surface area contributed by atoms with Gasteiger partial charge in [0.1, 0.15) is 17.3 Å². The van der Waals surface area contributed by atoms with Crippen molar-refractivity contribution >= 4 is 11.6 Å². The van der Waals surface area contributed by atoms with Crippen molar-refractivity contribution in [2.24, 2.45) is 0 Å². The maximum Gasteiger partial charge on any atom is 0.130 e. The van der Waals surface area contributed by atoms with Crippen molar-refractivity contribution in [3.63, 3.8) is 0 Å². The van der Waals surface area contributed by atoms with Gasteiger partial charge in [-0.15, -0.1) is 0 Å². The lowest BCUT2D eigenvalue weighted by Gasteiger charge is -2.09. The number of halogens is 2. The SMILES string of the molecule is Fc1cc(CNC2CC2)cc(Oc2cccc(Cl)c2)c1. The molecule has 1 N–H and O–H groups in total. The van der Waals surface area contributed by atoms with Crippen molar-refractivity contribution in [2.75, 3.05) is 0 Å². The molecule has 0 aliphatic heterocycles. The largest absolute Gasteiger partial charge is 0.457 e. The summed E-state index contributed by atoms with van der Waals surface area (Å²) in [6, 6.07) is 12.4. The molecule has 1 aliphatic carbocycles. The predicted molar refractivity (Wildman–Crippen MR) is 77.8 cm³/mol. The van der Waals surface area contributed by atoms with Gasteiger partial charge < -0.3 is 10.1 Å². The summed E-state index contributed by atoms with van der Waals surface area (Å²) < 4.78 is 19.3. The lowest BCUT2D eigenvalue weighted by molar-refractivity contribution is 0.475. The van der Waals surface area contributed by atoms with Crippen LogP contribution in [0.25, 0.3) is 0 Å². The normalized spacial score (nSPS) is 14.3. The topological polar surface area (TPSA) is 21.3 Å². The standard InChI is InChI=1S/C16H15ClFNO/c17-12-2-1-3-15(8-12)20-16-7-11(6-13(18)9-16)10-19-14-4-5-14/h1-3,6-9,14,19H,4-5,10H2. The second kappa shape index (κ2) is 5.81. The van der Waals surface area contributed by atoms with Gasteiger partial charge >= 0.3 is 0 Å². The van der Waals surface area contributed by atoms with Crippen LogP contribution in [0.3, 0.4) is 0 Å². The van der Waals surface area contributed by atoms with E-state index in [9.17, 15) is 4.39 Å². The van der Waals surface area contributed by atoms with Crippen LogP contribution in [0.5, 0.6) is 11.5 Å². The van der Waals surface area contributed by atoms with E-state index in [2.05, 4.69) is 5.32 Å². The Bertz CT molecular complexity index is 613.